The number of carbonyl (C=O) groups excluding carboxylic acids is 1. The van der Waals surface area contributed by atoms with Crippen LogP contribution in [-0.2, 0) is 5.75 Å². The molecule has 25 heavy (non-hydrogen) atoms. The molecule has 0 N–H and O–H groups in total. The Kier molecular flexibility index (Phi) is 5.92. The van der Waals surface area contributed by atoms with E-state index < -0.39 is 0 Å². The first-order valence-electron chi connectivity index (χ1n) is 8.32. The first-order valence-corrected chi connectivity index (χ1v) is 10.1. The van der Waals surface area contributed by atoms with Crippen LogP contribution in [0.15, 0.2) is 41.3 Å². The van der Waals surface area contributed by atoms with Crippen molar-refractivity contribution in [2.24, 2.45) is 0 Å². The van der Waals surface area contributed by atoms with Crippen LogP contribution in [0.25, 0.3) is 0 Å². The van der Waals surface area contributed by atoms with Crippen molar-refractivity contribution >= 4 is 40.9 Å². The van der Waals surface area contributed by atoms with Crippen molar-refractivity contribution < 1.29 is 4.79 Å². The molecule has 1 aliphatic rings. The number of hydrogen-bond donors (Lipinski definition) is 0. The lowest BCUT2D eigenvalue weighted by Gasteiger charge is -2.26. The van der Waals surface area contributed by atoms with Gasteiger partial charge in [-0.3, -0.25) is 4.79 Å². The highest BCUT2D eigenvalue weighted by Gasteiger charge is 2.32. The molecule has 0 bridgehead atoms. The van der Waals surface area contributed by atoms with Crippen LogP contribution in [0.3, 0.4) is 0 Å². The highest BCUT2D eigenvalue weighted by molar-refractivity contribution is 7.98. The Bertz CT molecular complexity index is 754. The highest BCUT2D eigenvalue weighted by atomic mass is 35.5. The maximum absolute atomic E-state index is 12.8. The minimum Gasteiger partial charge on any atom is -0.332 e. The summed E-state index contributed by atoms with van der Waals surface area (Å²) in [5.41, 5.74) is 1.34. The fraction of sp³-hybridized carbons (Fsp3) is 0.368. The molecule has 2 heterocycles. The first kappa shape index (κ1) is 18.6. The molecule has 1 aliphatic heterocycles. The van der Waals surface area contributed by atoms with Gasteiger partial charge in [0.25, 0.3) is 5.91 Å². The molecular formula is C19H20Cl2N2OS. The lowest BCUT2D eigenvalue weighted by molar-refractivity contribution is 0.0686. The Morgan fingerprint density at radius 1 is 1.12 bits per heavy atom. The second-order valence-electron chi connectivity index (χ2n) is 6.34. The molecule has 1 aromatic heterocycles. The molecule has 2 unspecified atom stereocenters. The SMILES string of the molecule is CC1CCC(C)N1C(=O)c1cccc(CSc2c(Cl)cccc2Cl)n1. The quantitative estimate of drug-likeness (QED) is 0.623. The van der Waals surface area contributed by atoms with Gasteiger partial charge in [0.15, 0.2) is 0 Å². The average Bonchev–Trinajstić information content (AvgIpc) is 2.93. The normalized spacial score (nSPS) is 20.1. The van der Waals surface area contributed by atoms with Crippen molar-refractivity contribution in [1.29, 1.82) is 0 Å². The van der Waals surface area contributed by atoms with E-state index in [0.29, 0.717) is 21.5 Å². The average molecular weight is 395 g/mol. The van der Waals surface area contributed by atoms with Gasteiger partial charge < -0.3 is 4.90 Å². The number of carbonyl (C=O) groups is 1. The highest BCUT2D eigenvalue weighted by Crippen LogP contribution is 2.35. The van der Waals surface area contributed by atoms with Gasteiger partial charge in [-0.05, 0) is 51.0 Å². The van der Waals surface area contributed by atoms with Crippen molar-refractivity contribution in [3.63, 3.8) is 0 Å². The minimum absolute atomic E-state index is 0.0140. The Hall–Kier alpha value is -1.23. The van der Waals surface area contributed by atoms with E-state index in [2.05, 4.69) is 18.8 Å². The number of thioether (sulfide) groups is 1. The fourth-order valence-electron chi connectivity index (χ4n) is 3.17. The number of amides is 1. The van der Waals surface area contributed by atoms with Crippen LogP contribution in [-0.4, -0.2) is 27.9 Å². The topological polar surface area (TPSA) is 33.2 Å². The number of halogens is 2. The van der Waals surface area contributed by atoms with Gasteiger partial charge in [0.05, 0.1) is 15.7 Å². The zero-order valence-corrected chi connectivity index (χ0v) is 16.5. The van der Waals surface area contributed by atoms with Gasteiger partial charge in [-0.2, -0.15) is 0 Å². The van der Waals surface area contributed by atoms with Crippen LogP contribution in [0.1, 0.15) is 42.9 Å². The fourth-order valence-corrected chi connectivity index (χ4v) is 4.76. The number of benzene rings is 1. The smallest absolute Gasteiger partial charge is 0.272 e. The summed E-state index contributed by atoms with van der Waals surface area (Å²) in [6.07, 6.45) is 2.10. The van der Waals surface area contributed by atoms with Crippen molar-refractivity contribution in [3.8, 4) is 0 Å². The molecule has 2 aromatic rings. The van der Waals surface area contributed by atoms with E-state index in [1.165, 1.54) is 11.8 Å². The lowest BCUT2D eigenvalue weighted by Crippen LogP contribution is -2.39. The van der Waals surface area contributed by atoms with Crippen LogP contribution in [0, 0.1) is 0 Å². The number of rotatable bonds is 4. The molecule has 1 amide bonds. The van der Waals surface area contributed by atoms with Gasteiger partial charge in [-0.1, -0.05) is 35.3 Å². The molecule has 3 rings (SSSR count). The van der Waals surface area contributed by atoms with Crippen molar-refractivity contribution in [3.05, 3.63) is 57.8 Å². The van der Waals surface area contributed by atoms with Crippen LogP contribution >= 0.6 is 35.0 Å². The zero-order chi connectivity index (χ0) is 18.0. The van der Waals surface area contributed by atoms with E-state index in [1.54, 1.807) is 6.07 Å². The molecule has 1 aromatic carbocycles. The maximum Gasteiger partial charge on any atom is 0.272 e. The van der Waals surface area contributed by atoms with E-state index in [-0.39, 0.29) is 18.0 Å². The molecule has 1 fully saturated rings. The molecule has 1 saturated heterocycles. The van der Waals surface area contributed by atoms with E-state index in [9.17, 15) is 4.79 Å². The summed E-state index contributed by atoms with van der Waals surface area (Å²) in [6, 6.07) is 11.6. The Morgan fingerprint density at radius 3 is 2.36 bits per heavy atom. The second kappa shape index (κ2) is 7.98. The van der Waals surface area contributed by atoms with Gasteiger partial charge in [-0.25, -0.2) is 4.98 Å². The van der Waals surface area contributed by atoms with Crippen molar-refractivity contribution in [1.82, 2.24) is 9.88 Å². The van der Waals surface area contributed by atoms with Crippen LogP contribution in [0.4, 0.5) is 0 Å². The molecule has 0 saturated carbocycles. The molecule has 132 valence electrons. The van der Waals surface area contributed by atoms with Gasteiger partial charge in [0.1, 0.15) is 5.69 Å². The van der Waals surface area contributed by atoms with Crippen LogP contribution in [0.2, 0.25) is 10.0 Å². The summed E-state index contributed by atoms with van der Waals surface area (Å²) >= 11 is 13.9. The third-order valence-corrected chi connectivity index (χ3v) is 6.52. The Morgan fingerprint density at radius 2 is 1.72 bits per heavy atom. The zero-order valence-electron chi connectivity index (χ0n) is 14.2. The summed E-state index contributed by atoms with van der Waals surface area (Å²) in [6.45, 7) is 4.20. The molecule has 6 heteroatoms. The van der Waals surface area contributed by atoms with E-state index in [4.69, 9.17) is 23.2 Å². The summed E-state index contributed by atoms with van der Waals surface area (Å²) < 4.78 is 0. The molecule has 0 radical (unpaired) electrons. The van der Waals surface area contributed by atoms with E-state index in [1.807, 2.05) is 35.2 Å². The van der Waals surface area contributed by atoms with Crippen LogP contribution < -0.4 is 0 Å². The number of aromatic nitrogens is 1. The summed E-state index contributed by atoms with van der Waals surface area (Å²) in [7, 11) is 0. The summed E-state index contributed by atoms with van der Waals surface area (Å²) in [4.78, 5) is 20.2. The van der Waals surface area contributed by atoms with Crippen LogP contribution in [0.5, 0.6) is 0 Å². The van der Waals surface area contributed by atoms with Crippen molar-refractivity contribution in [2.45, 2.75) is 49.4 Å². The molecule has 0 aliphatic carbocycles. The third kappa shape index (κ3) is 4.13. The predicted molar refractivity (Wildman–Crippen MR) is 105 cm³/mol. The van der Waals surface area contributed by atoms with Crippen molar-refractivity contribution in [2.75, 3.05) is 0 Å². The number of nitrogens with zero attached hydrogens (tertiary/aromatic N) is 2. The summed E-state index contributed by atoms with van der Waals surface area (Å²) in [5, 5.41) is 1.26. The van der Waals surface area contributed by atoms with E-state index in [0.717, 1.165) is 23.4 Å². The largest absolute Gasteiger partial charge is 0.332 e. The maximum atomic E-state index is 12.8. The van der Waals surface area contributed by atoms with Gasteiger partial charge in [0.2, 0.25) is 0 Å². The number of pyridine rings is 1. The second-order valence-corrected chi connectivity index (χ2v) is 8.14. The van der Waals surface area contributed by atoms with Gasteiger partial charge in [-0.15, -0.1) is 11.8 Å². The summed E-state index contributed by atoms with van der Waals surface area (Å²) in [5.74, 6) is 0.621. The standard InChI is InChI=1S/C19H20Cl2N2OS/c1-12-9-10-13(2)23(12)19(24)17-8-3-5-14(22-17)11-25-18-15(20)6-4-7-16(18)21/h3-8,12-13H,9-11H2,1-2H3. The molecule has 0 spiro atoms. The first-order chi connectivity index (χ1) is 12.0. The lowest BCUT2D eigenvalue weighted by atomic mass is 10.2. The Balaban J connectivity index is 1.74. The number of likely N-dealkylation sites (tertiary alicyclic amines) is 1. The van der Waals surface area contributed by atoms with Gasteiger partial charge in [0, 0.05) is 22.7 Å². The number of hydrogen-bond acceptors (Lipinski definition) is 3. The Labute approximate surface area is 162 Å². The molecule has 2 atom stereocenters. The van der Waals surface area contributed by atoms with Gasteiger partial charge >= 0.3 is 0 Å². The third-order valence-electron chi connectivity index (χ3n) is 4.50. The minimum atomic E-state index is 0.0140. The van der Waals surface area contributed by atoms with E-state index >= 15 is 0 Å². The predicted octanol–water partition coefficient (Wildman–Crippen LogP) is 5.69. The molecule has 3 nitrogen and oxygen atoms in total. The molecular weight excluding hydrogens is 375 g/mol. The monoisotopic (exact) mass is 394 g/mol.